The van der Waals surface area contributed by atoms with Crippen LogP contribution in [0.2, 0.25) is 0 Å². The summed E-state index contributed by atoms with van der Waals surface area (Å²) in [6, 6.07) is 13.4. The molecule has 1 heterocycles. The van der Waals surface area contributed by atoms with Gasteiger partial charge in [0.2, 0.25) is 15.9 Å². The molecule has 1 saturated heterocycles. The van der Waals surface area contributed by atoms with Crippen LogP contribution >= 0.6 is 0 Å². The van der Waals surface area contributed by atoms with Crippen molar-refractivity contribution >= 4 is 15.9 Å². The topological polar surface area (TPSA) is 75.7 Å². The molecule has 0 saturated carbocycles. The first-order chi connectivity index (χ1) is 14.4. The summed E-state index contributed by atoms with van der Waals surface area (Å²) in [5.74, 6) is -0.448. The van der Waals surface area contributed by atoms with Gasteiger partial charge < -0.3 is 10.1 Å². The van der Waals surface area contributed by atoms with E-state index in [9.17, 15) is 17.6 Å². The minimum atomic E-state index is -3.63. The summed E-state index contributed by atoms with van der Waals surface area (Å²) in [6.07, 6.45) is 0.892. The molecule has 3 rings (SSSR count). The maximum atomic E-state index is 13.8. The van der Waals surface area contributed by atoms with Crippen LogP contribution < -0.4 is 10.1 Å². The smallest absolute Gasteiger partial charge is 0.223 e. The molecule has 0 radical (unpaired) electrons. The molecular weight excluding hydrogens is 407 g/mol. The largest absolute Gasteiger partial charge is 0.494 e. The van der Waals surface area contributed by atoms with Crippen molar-refractivity contribution in [2.45, 2.75) is 32.1 Å². The molecule has 8 heteroatoms. The molecular formula is C22H27FN2O4S. The molecule has 0 bridgehead atoms. The molecule has 2 aromatic rings. The van der Waals surface area contributed by atoms with Gasteiger partial charge in [-0.05, 0) is 43.5 Å². The quantitative estimate of drug-likeness (QED) is 0.693. The SMILES string of the molecule is CCOc1cccc(CNC(=O)C2CCN(S(=O)(=O)Cc3ccccc3F)CC2)c1. The van der Waals surface area contributed by atoms with Crippen LogP contribution in [0.15, 0.2) is 48.5 Å². The second-order valence-corrected chi connectivity index (χ2v) is 9.29. The molecule has 0 spiro atoms. The lowest BCUT2D eigenvalue weighted by Crippen LogP contribution is -2.43. The first kappa shape index (κ1) is 22.2. The summed E-state index contributed by atoms with van der Waals surface area (Å²) in [5.41, 5.74) is 1.10. The Morgan fingerprint density at radius 3 is 2.60 bits per heavy atom. The first-order valence-electron chi connectivity index (χ1n) is 10.1. The van der Waals surface area contributed by atoms with E-state index in [0.29, 0.717) is 26.0 Å². The van der Waals surface area contributed by atoms with E-state index in [1.54, 1.807) is 6.07 Å². The van der Waals surface area contributed by atoms with E-state index in [0.717, 1.165) is 11.3 Å². The molecule has 0 aliphatic carbocycles. The third kappa shape index (κ3) is 5.79. The van der Waals surface area contributed by atoms with Gasteiger partial charge in [-0.25, -0.2) is 17.1 Å². The van der Waals surface area contributed by atoms with E-state index in [1.807, 2.05) is 31.2 Å². The van der Waals surface area contributed by atoms with E-state index in [1.165, 1.54) is 22.5 Å². The van der Waals surface area contributed by atoms with Crippen molar-refractivity contribution in [3.8, 4) is 5.75 Å². The highest BCUT2D eigenvalue weighted by Crippen LogP contribution is 2.23. The number of ether oxygens (including phenoxy) is 1. The molecule has 1 N–H and O–H groups in total. The fourth-order valence-corrected chi connectivity index (χ4v) is 5.12. The lowest BCUT2D eigenvalue weighted by Gasteiger charge is -2.30. The van der Waals surface area contributed by atoms with E-state index < -0.39 is 15.8 Å². The van der Waals surface area contributed by atoms with E-state index in [4.69, 9.17) is 4.74 Å². The molecule has 1 aliphatic heterocycles. The van der Waals surface area contributed by atoms with E-state index in [-0.39, 0.29) is 36.2 Å². The second-order valence-electron chi connectivity index (χ2n) is 7.32. The van der Waals surface area contributed by atoms with Crippen LogP contribution in [-0.2, 0) is 27.1 Å². The Kier molecular flexibility index (Phi) is 7.44. The first-order valence-corrected chi connectivity index (χ1v) is 11.7. The van der Waals surface area contributed by atoms with Gasteiger partial charge in [0.25, 0.3) is 0 Å². The molecule has 1 aliphatic rings. The van der Waals surface area contributed by atoms with Crippen LogP contribution in [-0.4, -0.2) is 38.3 Å². The van der Waals surface area contributed by atoms with Crippen molar-refractivity contribution in [3.63, 3.8) is 0 Å². The summed E-state index contributed by atoms with van der Waals surface area (Å²) >= 11 is 0. The molecule has 30 heavy (non-hydrogen) atoms. The number of nitrogens with zero attached hydrogens (tertiary/aromatic N) is 1. The number of piperidine rings is 1. The zero-order chi connectivity index (χ0) is 21.6. The standard InChI is InChI=1S/C22H27FN2O4S/c1-2-29-20-8-5-6-17(14-20)15-24-22(26)18-10-12-25(13-11-18)30(27,28)16-19-7-3-4-9-21(19)23/h3-9,14,18H,2,10-13,15-16H2,1H3,(H,24,26). The number of benzene rings is 2. The Balaban J connectivity index is 1.50. The van der Waals surface area contributed by atoms with E-state index >= 15 is 0 Å². The Bertz CT molecular complexity index is 973. The molecule has 0 aromatic heterocycles. The molecule has 0 unspecified atom stereocenters. The van der Waals surface area contributed by atoms with Crippen LogP contribution in [0.25, 0.3) is 0 Å². The van der Waals surface area contributed by atoms with Gasteiger partial charge in [-0.3, -0.25) is 4.79 Å². The second kappa shape index (κ2) is 10.0. The van der Waals surface area contributed by atoms with Crippen LogP contribution in [0.3, 0.4) is 0 Å². The Hall–Kier alpha value is -2.45. The molecule has 6 nitrogen and oxygen atoms in total. The molecule has 162 valence electrons. The maximum absolute atomic E-state index is 13.8. The van der Waals surface area contributed by atoms with Crippen LogP contribution in [0.1, 0.15) is 30.9 Å². The summed E-state index contributed by atoms with van der Waals surface area (Å²) < 4.78 is 45.9. The van der Waals surface area contributed by atoms with Crippen molar-refractivity contribution in [1.82, 2.24) is 9.62 Å². The van der Waals surface area contributed by atoms with Gasteiger partial charge in [-0.2, -0.15) is 0 Å². The minimum Gasteiger partial charge on any atom is -0.494 e. The average Bonchev–Trinajstić information content (AvgIpc) is 2.74. The van der Waals surface area contributed by atoms with Crippen molar-refractivity contribution in [1.29, 1.82) is 0 Å². The zero-order valence-corrected chi connectivity index (χ0v) is 17.8. The minimum absolute atomic E-state index is 0.0806. The third-order valence-corrected chi connectivity index (χ3v) is 7.02. The number of nitrogens with one attached hydrogen (secondary N) is 1. The van der Waals surface area contributed by atoms with Gasteiger partial charge in [0.05, 0.1) is 12.4 Å². The number of rotatable bonds is 8. The van der Waals surface area contributed by atoms with Gasteiger partial charge in [-0.1, -0.05) is 30.3 Å². The van der Waals surface area contributed by atoms with Crippen LogP contribution in [0.4, 0.5) is 4.39 Å². The van der Waals surface area contributed by atoms with Gasteiger partial charge in [0, 0.05) is 31.1 Å². The molecule has 2 aromatic carbocycles. The maximum Gasteiger partial charge on any atom is 0.223 e. The lowest BCUT2D eigenvalue weighted by molar-refractivity contribution is -0.126. The lowest BCUT2D eigenvalue weighted by atomic mass is 9.97. The highest BCUT2D eigenvalue weighted by molar-refractivity contribution is 7.88. The van der Waals surface area contributed by atoms with Crippen LogP contribution in [0.5, 0.6) is 5.75 Å². The average molecular weight is 435 g/mol. The fraction of sp³-hybridized carbons (Fsp3) is 0.409. The Morgan fingerprint density at radius 1 is 1.17 bits per heavy atom. The number of carbonyl (C=O) groups is 1. The number of sulfonamides is 1. The highest BCUT2D eigenvalue weighted by Gasteiger charge is 2.31. The predicted molar refractivity (Wildman–Crippen MR) is 113 cm³/mol. The number of hydrogen-bond donors (Lipinski definition) is 1. The van der Waals surface area contributed by atoms with Crippen molar-refractivity contribution in [3.05, 3.63) is 65.5 Å². The summed E-state index contributed by atoms with van der Waals surface area (Å²) in [7, 11) is -3.63. The highest BCUT2D eigenvalue weighted by atomic mass is 32.2. The molecule has 0 atom stereocenters. The Morgan fingerprint density at radius 2 is 1.90 bits per heavy atom. The van der Waals surface area contributed by atoms with Crippen molar-refractivity contribution in [2.75, 3.05) is 19.7 Å². The number of carbonyl (C=O) groups excluding carboxylic acids is 1. The number of hydrogen-bond acceptors (Lipinski definition) is 4. The number of halogens is 1. The predicted octanol–water partition coefficient (Wildman–Crippen LogP) is 3.08. The summed E-state index contributed by atoms with van der Waals surface area (Å²) in [5, 5.41) is 2.93. The Labute approximate surface area is 177 Å². The molecule has 1 amide bonds. The summed E-state index contributed by atoms with van der Waals surface area (Å²) in [4.78, 5) is 12.5. The van der Waals surface area contributed by atoms with Gasteiger partial charge in [0.15, 0.2) is 0 Å². The monoisotopic (exact) mass is 434 g/mol. The number of amides is 1. The van der Waals surface area contributed by atoms with Crippen LogP contribution in [0, 0.1) is 11.7 Å². The normalized spacial score (nSPS) is 15.7. The van der Waals surface area contributed by atoms with Gasteiger partial charge in [0.1, 0.15) is 11.6 Å². The molecule has 1 fully saturated rings. The summed E-state index contributed by atoms with van der Waals surface area (Å²) in [6.45, 7) is 3.40. The van der Waals surface area contributed by atoms with Crippen molar-refractivity contribution in [2.24, 2.45) is 5.92 Å². The van der Waals surface area contributed by atoms with Gasteiger partial charge >= 0.3 is 0 Å². The zero-order valence-electron chi connectivity index (χ0n) is 17.0. The third-order valence-electron chi connectivity index (χ3n) is 5.19. The van der Waals surface area contributed by atoms with Gasteiger partial charge in [-0.15, -0.1) is 0 Å². The van der Waals surface area contributed by atoms with E-state index in [2.05, 4.69) is 5.32 Å². The fourth-order valence-electron chi connectivity index (χ4n) is 3.54. The van der Waals surface area contributed by atoms with Crippen molar-refractivity contribution < 1.29 is 22.3 Å².